The van der Waals surface area contributed by atoms with E-state index in [2.05, 4.69) is 10.1 Å². The summed E-state index contributed by atoms with van der Waals surface area (Å²) in [6.45, 7) is 1.90. The lowest BCUT2D eigenvalue weighted by Gasteiger charge is -2.18. The number of hydrogen-bond acceptors (Lipinski definition) is 6. The third kappa shape index (κ3) is 4.28. The van der Waals surface area contributed by atoms with Crippen LogP contribution in [0.3, 0.4) is 0 Å². The Labute approximate surface area is 168 Å². The van der Waals surface area contributed by atoms with E-state index < -0.39 is 0 Å². The van der Waals surface area contributed by atoms with Crippen molar-refractivity contribution in [3.63, 3.8) is 0 Å². The zero-order valence-electron chi connectivity index (χ0n) is 16.1. The first-order valence-electron chi connectivity index (χ1n) is 9.50. The van der Waals surface area contributed by atoms with Gasteiger partial charge in [0.05, 0.1) is 29.8 Å². The molecule has 4 rings (SSSR count). The molecule has 3 aromatic rings. The van der Waals surface area contributed by atoms with E-state index in [0.29, 0.717) is 49.1 Å². The van der Waals surface area contributed by atoms with Gasteiger partial charge in [-0.3, -0.25) is 0 Å². The number of aromatic nitrogens is 2. The van der Waals surface area contributed by atoms with E-state index in [0.717, 1.165) is 17.5 Å². The predicted molar refractivity (Wildman–Crippen MR) is 105 cm³/mol. The van der Waals surface area contributed by atoms with Gasteiger partial charge in [-0.2, -0.15) is 10.2 Å². The van der Waals surface area contributed by atoms with Gasteiger partial charge in [-0.1, -0.05) is 29.4 Å². The lowest BCUT2D eigenvalue weighted by molar-refractivity contribution is 0.185. The van der Waals surface area contributed by atoms with Gasteiger partial charge in [-0.05, 0) is 35.7 Å². The highest BCUT2D eigenvalue weighted by molar-refractivity contribution is 5.52. The van der Waals surface area contributed by atoms with Crippen molar-refractivity contribution in [3.8, 4) is 6.07 Å². The van der Waals surface area contributed by atoms with Gasteiger partial charge in [0.2, 0.25) is 5.89 Å². The van der Waals surface area contributed by atoms with Crippen LogP contribution < -0.4 is 4.90 Å². The van der Waals surface area contributed by atoms with E-state index in [1.807, 2.05) is 35.2 Å². The second kappa shape index (κ2) is 8.41. The molecule has 1 fully saturated rings. The van der Waals surface area contributed by atoms with Crippen LogP contribution in [0.4, 0.5) is 10.1 Å². The van der Waals surface area contributed by atoms with Crippen LogP contribution >= 0.6 is 0 Å². The van der Waals surface area contributed by atoms with Crippen LogP contribution in [0.25, 0.3) is 0 Å². The van der Waals surface area contributed by atoms with Crippen molar-refractivity contribution >= 4 is 5.69 Å². The molecule has 1 atom stereocenters. The SMILES string of the molecule is COCc1ccc(Cc2noc(C3CCN(c4ccc(C#N)cc4F)C3)n2)cc1. The largest absolute Gasteiger partial charge is 0.380 e. The monoisotopic (exact) mass is 392 g/mol. The zero-order valence-corrected chi connectivity index (χ0v) is 16.1. The molecule has 6 nitrogen and oxygen atoms in total. The minimum atomic E-state index is -0.382. The molecule has 0 saturated carbocycles. The van der Waals surface area contributed by atoms with Crippen LogP contribution in [-0.4, -0.2) is 30.3 Å². The maximum Gasteiger partial charge on any atom is 0.231 e. The van der Waals surface area contributed by atoms with E-state index >= 15 is 0 Å². The van der Waals surface area contributed by atoms with Gasteiger partial charge < -0.3 is 14.2 Å². The lowest BCUT2D eigenvalue weighted by atomic mass is 10.1. The number of nitriles is 1. The van der Waals surface area contributed by atoms with E-state index in [1.165, 1.54) is 6.07 Å². The molecule has 1 unspecified atom stereocenters. The quantitative estimate of drug-likeness (QED) is 0.635. The van der Waals surface area contributed by atoms with E-state index in [4.69, 9.17) is 14.5 Å². The van der Waals surface area contributed by atoms with Crippen LogP contribution in [-0.2, 0) is 17.8 Å². The summed E-state index contributed by atoms with van der Waals surface area (Å²) in [4.78, 5) is 6.52. The third-order valence-corrected chi connectivity index (χ3v) is 5.13. The van der Waals surface area contributed by atoms with Crippen molar-refractivity contribution in [2.24, 2.45) is 0 Å². The molecular formula is C22H21FN4O2. The average Bonchev–Trinajstić information content (AvgIpc) is 3.39. The minimum Gasteiger partial charge on any atom is -0.380 e. The van der Waals surface area contributed by atoms with Crippen molar-refractivity contribution in [1.29, 1.82) is 5.26 Å². The molecule has 0 radical (unpaired) electrons. The van der Waals surface area contributed by atoms with E-state index in [1.54, 1.807) is 19.2 Å². The molecule has 0 amide bonds. The van der Waals surface area contributed by atoms with Crippen LogP contribution in [0.15, 0.2) is 47.0 Å². The fourth-order valence-corrected chi connectivity index (χ4v) is 3.62. The van der Waals surface area contributed by atoms with Crippen molar-refractivity contribution in [2.45, 2.75) is 25.4 Å². The minimum absolute atomic E-state index is 0.0652. The summed E-state index contributed by atoms with van der Waals surface area (Å²) in [6, 6.07) is 14.6. The fraction of sp³-hybridized carbons (Fsp3) is 0.318. The molecule has 1 aliphatic rings. The molecule has 29 heavy (non-hydrogen) atoms. The van der Waals surface area contributed by atoms with Gasteiger partial charge in [-0.15, -0.1) is 0 Å². The lowest BCUT2D eigenvalue weighted by Crippen LogP contribution is -2.20. The Kier molecular flexibility index (Phi) is 5.54. The molecule has 148 valence electrons. The standard InChI is InChI=1S/C22H21FN4O2/c1-28-14-16-4-2-15(3-5-16)11-21-25-22(29-26-21)18-8-9-27(13-18)20-7-6-17(12-24)10-19(20)23/h2-7,10,18H,8-9,11,13-14H2,1H3. The first kappa shape index (κ1) is 19.1. The highest BCUT2D eigenvalue weighted by atomic mass is 19.1. The Morgan fingerprint density at radius 2 is 2.03 bits per heavy atom. The fourth-order valence-electron chi connectivity index (χ4n) is 3.62. The molecule has 1 aliphatic heterocycles. The average molecular weight is 392 g/mol. The normalized spacial score (nSPS) is 16.2. The number of halogens is 1. The van der Waals surface area contributed by atoms with Crippen LogP contribution in [0.1, 0.15) is 40.7 Å². The smallest absolute Gasteiger partial charge is 0.231 e. The number of methoxy groups -OCH3 is 1. The van der Waals surface area contributed by atoms with Crippen LogP contribution in [0.2, 0.25) is 0 Å². The molecular weight excluding hydrogens is 371 g/mol. The first-order valence-corrected chi connectivity index (χ1v) is 9.50. The molecule has 0 aliphatic carbocycles. The summed E-state index contributed by atoms with van der Waals surface area (Å²) in [6.07, 6.45) is 1.41. The van der Waals surface area contributed by atoms with Crippen molar-refractivity contribution < 1.29 is 13.7 Å². The number of benzene rings is 2. The van der Waals surface area contributed by atoms with Crippen LogP contribution in [0.5, 0.6) is 0 Å². The van der Waals surface area contributed by atoms with E-state index in [-0.39, 0.29) is 11.7 Å². The highest BCUT2D eigenvalue weighted by Crippen LogP contribution is 2.31. The predicted octanol–water partition coefficient (Wildman–Crippen LogP) is 3.81. The zero-order chi connectivity index (χ0) is 20.2. The van der Waals surface area contributed by atoms with Gasteiger partial charge >= 0.3 is 0 Å². The Bertz CT molecular complexity index is 1030. The number of anilines is 1. The summed E-state index contributed by atoms with van der Waals surface area (Å²) >= 11 is 0. The Morgan fingerprint density at radius 3 is 2.76 bits per heavy atom. The number of hydrogen-bond donors (Lipinski definition) is 0. The van der Waals surface area contributed by atoms with Crippen molar-refractivity contribution in [1.82, 2.24) is 10.1 Å². The van der Waals surface area contributed by atoms with Crippen molar-refractivity contribution in [2.75, 3.05) is 25.1 Å². The summed E-state index contributed by atoms with van der Waals surface area (Å²) in [7, 11) is 1.68. The maximum absolute atomic E-state index is 14.3. The van der Waals surface area contributed by atoms with Gasteiger partial charge in [0.1, 0.15) is 5.82 Å². The molecule has 2 heterocycles. The molecule has 7 heteroatoms. The number of rotatable bonds is 6. The number of nitrogens with zero attached hydrogens (tertiary/aromatic N) is 4. The Morgan fingerprint density at radius 1 is 1.24 bits per heavy atom. The van der Waals surface area contributed by atoms with Gasteiger partial charge in [0.15, 0.2) is 5.82 Å². The second-order valence-electron chi connectivity index (χ2n) is 7.18. The molecule has 0 N–H and O–H groups in total. The second-order valence-corrected chi connectivity index (χ2v) is 7.18. The molecule has 1 saturated heterocycles. The summed E-state index contributed by atoms with van der Waals surface area (Å²) in [5.74, 6) is 0.915. The van der Waals surface area contributed by atoms with Crippen molar-refractivity contribution in [3.05, 3.63) is 76.7 Å². The Balaban J connectivity index is 1.40. The summed E-state index contributed by atoms with van der Waals surface area (Å²) in [5, 5.41) is 13.0. The van der Waals surface area contributed by atoms with Gasteiger partial charge in [-0.25, -0.2) is 4.39 Å². The molecule has 0 bridgehead atoms. The Hall–Kier alpha value is -3.24. The summed E-state index contributed by atoms with van der Waals surface area (Å²) in [5.41, 5.74) is 3.04. The maximum atomic E-state index is 14.3. The number of ether oxygens (including phenoxy) is 1. The van der Waals surface area contributed by atoms with E-state index in [9.17, 15) is 4.39 Å². The van der Waals surface area contributed by atoms with Crippen LogP contribution in [0, 0.1) is 17.1 Å². The van der Waals surface area contributed by atoms with Gasteiger partial charge in [0.25, 0.3) is 0 Å². The summed E-state index contributed by atoms with van der Waals surface area (Å²) < 4.78 is 24.9. The topological polar surface area (TPSA) is 75.2 Å². The third-order valence-electron chi connectivity index (χ3n) is 5.13. The molecule has 0 spiro atoms. The molecule has 2 aromatic carbocycles. The molecule has 1 aromatic heterocycles. The van der Waals surface area contributed by atoms with Gasteiger partial charge in [0, 0.05) is 26.6 Å². The first-order chi connectivity index (χ1) is 14.2. The highest BCUT2D eigenvalue weighted by Gasteiger charge is 2.29.